The van der Waals surface area contributed by atoms with Gasteiger partial charge < -0.3 is 0 Å². The highest BCUT2D eigenvalue weighted by Gasteiger charge is 2.27. The number of hydrogen-bond donors (Lipinski definition) is 0. The van der Waals surface area contributed by atoms with Crippen LogP contribution in [0, 0.1) is 0 Å². The van der Waals surface area contributed by atoms with E-state index in [0.29, 0.717) is 5.57 Å². The molecule has 0 saturated carbocycles. The van der Waals surface area contributed by atoms with Gasteiger partial charge in [0.2, 0.25) is 0 Å². The van der Waals surface area contributed by atoms with Crippen LogP contribution in [0.4, 0.5) is 0 Å². The highest BCUT2D eigenvalue weighted by atomic mass is 16.1. The smallest absolute Gasteiger partial charge is 0.200 e. The van der Waals surface area contributed by atoms with E-state index in [1.807, 2.05) is 0 Å². The van der Waals surface area contributed by atoms with E-state index >= 15 is 0 Å². The maximum atomic E-state index is 10.6. The van der Waals surface area contributed by atoms with Crippen molar-refractivity contribution in [2.24, 2.45) is 0 Å². The van der Waals surface area contributed by atoms with Crippen molar-refractivity contribution in [3.63, 3.8) is 0 Å². The summed E-state index contributed by atoms with van der Waals surface area (Å²) in [7, 11) is 0. The molecular formula is C7H6O2. The summed E-state index contributed by atoms with van der Waals surface area (Å²) in [5, 5.41) is 0. The summed E-state index contributed by atoms with van der Waals surface area (Å²) in [6, 6.07) is 0. The summed E-state index contributed by atoms with van der Waals surface area (Å²) in [4.78, 5) is 20.6. The van der Waals surface area contributed by atoms with Crippen LogP contribution in [0.5, 0.6) is 0 Å². The molecule has 0 unspecified atom stereocenters. The Kier molecular flexibility index (Phi) is 1.11. The SMILES string of the molecule is CC1=C(C)C(=C=O)C1=O. The normalized spacial score (nSPS) is 17.6. The second-order valence-electron chi connectivity index (χ2n) is 2.06. The van der Waals surface area contributed by atoms with Crippen LogP contribution in [0.3, 0.4) is 0 Å². The van der Waals surface area contributed by atoms with Gasteiger partial charge in [0.05, 0.1) is 0 Å². The topological polar surface area (TPSA) is 34.1 Å². The lowest BCUT2D eigenvalue weighted by molar-refractivity contribution is -0.113. The zero-order valence-electron chi connectivity index (χ0n) is 5.32. The molecule has 0 atom stereocenters. The molecule has 1 rings (SSSR count). The number of rotatable bonds is 0. The molecule has 0 saturated heterocycles. The second-order valence-corrected chi connectivity index (χ2v) is 2.06. The van der Waals surface area contributed by atoms with Crippen molar-refractivity contribution in [2.45, 2.75) is 13.8 Å². The molecule has 0 N–H and O–H groups in total. The molecule has 0 amide bonds. The van der Waals surface area contributed by atoms with Gasteiger partial charge >= 0.3 is 0 Å². The Morgan fingerprint density at radius 2 is 1.78 bits per heavy atom. The molecule has 0 radical (unpaired) electrons. The van der Waals surface area contributed by atoms with Crippen molar-refractivity contribution in [3.8, 4) is 0 Å². The predicted molar refractivity (Wildman–Crippen MR) is 32.6 cm³/mol. The van der Waals surface area contributed by atoms with E-state index in [2.05, 4.69) is 0 Å². The summed E-state index contributed by atoms with van der Waals surface area (Å²) in [6.07, 6.45) is 0. The maximum Gasteiger partial charge on any atom is 0.200 e. The molecule has 2 nitrogen and oxygen atoms in total. The van der Waals surface area contributed by atoms with E-state index in [1.165, 1.54) is 0 Å². The first kappa shape index (κ1) is 5.99. The molecular weight excluding hydrogens is 116 g/mol. The third-order valence-corrected chi connectivity index (χ3v) is 1.61. The second kappa shape index (κ2) is 1.67. The Hall–Kier alpha value is -1.14. The van der Waals surface area contributed by atoms with Crippen LogP contribution in [0.2, 0.25) is 0 Å². The van der Waals surface area contributed by atoms with E-state index in [0.717, 1.165) is 5.57 Å². The molecule has 0 spiro atoms. The van der Waals surface area contributed by atoms with Gasteiger partial charge in [-0.2, -0.15) is 0 Å². The van der Waals surface area contributed by atoms with Gasteiger partial charge in [-0.1, -0.05) is 0 Å². The van der Waals surface area contributed by atoms with Gasteiger partial charge in [0.15, 0.2) is 5.78 Å². The van der Waals surface area contributed by atoms with Gasteiger partial charge in [-0.25, -0.2) is 4.79 Å². The van der Waals surface area contributed by atoms with E-state index in [-0.39, 0.29) is 11.4 Å². The zero-order chi connectivity index (χ0) is 7.02. The third-order valence-electron chi connectivity index (χ3n) is 1.61. The highest BCUT2D eigenvalue weighted by Crippen LogP contribution is 2.26. The Bertz CT molecular complexity index is 252. The van der Waals surface area contributed by atoms with Gasteiger partial charge in [-0.3, -0.25) is 4.79 Å². The third kappa shape index (κ3) is 0.570. The lowest BCUT2D eigenvalue weighted by Crippen LogP contribution is -2.18. The van der Waals surface area contributed by atoms with Crippen LogP contribution < -0.4 is 0 Å². The van der Waals surface area contributed by atoms with Crippen molar-refractivity contribution in [2.75, 3.05) is 0 Å². The Morgan fingerprint density at radius 1 is 1.22 bits per heavy atom. The van der Waals surface area contributed by atoms with Crippen molar-refractivity contribution in [1.29, 1.82) is 0 Å². The molecule has 0 aromatic heterocycles. The van der Waals surface area contributed by atoms with Crippen LogP contribution in [0.15, 0.2) is 16.7 Å². The largest absolute Gasteiger partial charge is 0.288 e. The molecule has 1 aliphatic carbocycles. The van der Waals surface area contributed by atoms with E-state index in [1.54, 1.807) is 19.8 Å². The molecule has 0 bridgehead atoms. The summed E-state index contributed by atoms with van der Waals surface area (Å²) in [5.41, 5.74) is 1.69. The maximum absolute atomic E-state index is 10.6. The van der Waals surface area contributed by atoms with Gasteiger partial charge in [-0.15, -0.1) is 0 Å². The van der Waals surface area contributed by atoms with Crippen LogP contribution >= 0.6 is 0 Å². The Balaban J connectivity index is 3.21. The average molecular weight is 122 g/mol. The molecule has 9 heavy (non-hydrogen) atoms. The van der Waals surface area contributed by atoms with Crippen molar-refractivity contribution < 1.29 is 9.59 Å². The molecule has 0 fully saturated rings. The van der Waals surface area contributed by atoms with Crippen molar-refractivity contribution in [1.82, 2.24) is 0 Å². The quantitative estimate of drug-likeness (QED) is 0.349. The number of carbonyl (C=O) groups excluding carboxylic acids is 2. The summed E-state index contributed by atoms with van der Waals surface area (Å²) in [6.45, 7) is 3.45. The van der Waals surface area contributed by atoms with Crippen LogP contribution in [0.1, 0.15) is 13.8 Å². The Labute approximate surface area is 52.9 Å². The number of Topliss-reactive ketones (excluding diaryl/α,β-unsaturated/α-hetero) is 1. The van der Waals surface area contributed by atoms with Crippen LogP contribution in [-0.4, -0.2) is 11.7 Å². The first-order valence-electron chi connectivity index (χ1n) is 2.66. The lowest BCUT2D eigenvalue weighted by atomic mass is 9.85. The molecule has 1 aliphatic rings. The zero-order valence-corrected chi connectivity index (χ0v) is 5.32. The molecule has 0 aliphatic heterocycles. The molecule has 46 valence electrons. The number of carbonyl (C=O) groups is 1. The lowest BCUT2D eigenvalue weighted by Gasteiger charge is -2.15. The first-order valence-corrected chi connectivity index (χ1v) is 2.66. The molecule has 0 aromatic rings. The fourth-order valence-corrected chi connectivity index (χ4v) is 0.776. The number of hydrogen-bond acceptors (Lipinski definition) is 2. The average Bonchev–Trinajstić information content (AvgIpc) is 1.89. The number of ketones is 1. The standard InChI is InChI=1S/C7H6O2/c1-4-5(2)7(9)6(4)3-8/h1-2H3. The Morgan fingerprint density at radius 3 is 2.00 bits per heavy atom. The van der Waals surface area contributed by atoms with E-state index in [4.69, 9.17) is 0 Å². The van der Waals surface area contributed by atoms with Gasteiger partial charge in [0.1, 0.15) is 11.5 Å². The van der Waals surface area contributed by atoms with Crippen LogP contribution in [0.25, 0.3) is 0 Å². The van der Waals surface area contributed by atoms with Crippen molar-refractivity contribution >= 4 is 11.7 Å². The van der Waals surface area contributed by atoms with E-state index in [9.17, 15) is 9.59 Å². The minimum atomic E-state index is -0.150. The molecule has 2 heteroatoms. The summed E-state index contributed by atoms with van der Waals surface area (Å²) in [5.74, 6) is 1.44. The summed E-state index contributed by atoms with van der Waals surface area (Å²) >= 11 is 0. The van der Waals surface area contributed by atoms with Gasteiger partial charge in [0, 0.05) is 5.57 Å². The van der Waals surface area contributed by atoms with Gasteiger partial charge in [0.25, 0.3) is 0 Å². The summed E-state index contributed by atoms with van der Waals surface area (Å²) < 4.78 is 0. The highest BCUT2D eigenvalue weighted by molar-refractivity contribution is 6.23. The fourth-order valence-electron chi connectivity index (χ4n) is 0.776. The van der Waals surface area contributed by atoms with Crippen LogP contribution in [-0.2, 0) is 9.59 Å². The van der Waals surface area contributed by atoms with Crippen molar-refractivity contribution in [3.05, 3.63) is 16.7 Å². The number of allylic oxidation sites excluding steroid dienone is 3. The van der Waals surface area contributed by atoms with E-state index < -0.39 is 0 Å². The monoisotopic (exact) mass is 122 g/mol. The molecule has 0 heterocycles. The minimum Gasteiger partial charge on any atom is -0.288 e. The predicted octanol–water partition coefficient (Wildman–Crippen LogP) is 0.663. The molecule has 0 aromatic carbocycles. The van der Waals surface area contributed by atoms with Gasteiger partial charge in [-0.05, 0) is 19.4 Å². The fraction of sp³-hybridized carbons (Fsp3) is 0.286. The first-order chi connectivity index (χ1) is 4.18. The minimum absolute atomic E-state index is 0.150.